The van der Waals surface area contributed by atoms with Crippen molar-refractivity contribution in [1.29, 1.82) is 0 Å². The maximum Gasteiger partial charge on any atom is 0.268 e. The van der Waals surface area contributed by atoms with Crippen LogP contribution in [0.5, 0.6) is 5.75 Å². The van der Waals surface area contributed by atoms with Crippen LogP contribution in [0.25, 0.3) is 0 Å². The molecule has 134 valence electrons. The maximum atomic E-state index is 14.3. The molecule has 2 heterocycles. The standard InChI is InChI=1S/C19H17FN2O3S/c1-26-18-5-2-12(10-21-18)25-17-6-7-22(19(17)24)11-8-14-13(15(20)9-11)3-4-16(14)23/h2,5,8-10,17H,3-4,6-7H2,1H3/t17-/m1/s1. The second-order valence-electron chi connectivity index (χ2n) is 6.30. The van der Waals surface area contributed by atoms with E-state index >= 15 is 0 Å². The fourth-order valence-corrected chi connectivity index (χ4v) is 3.76. The highest BCUT2D eigenvalue weighted by atomic mass is 32.2. The highest BCUT2D eigenvalue weighted by Crippen LogP contribution is 2.32. The van der Waals surface area contributed by atoms with E-state index in [0.29, 0.717) is 48.4 Å². The lowest BCUT2D eigenvalue weighted by atomic mass is 10.1. The number of hydrogen-bond acceptors (Lipinski definition) is 5. The smallest absolute Gasteiger partial charge is 0.268 e. The van der Waals surface area contributed by atoms with Gasteiger partial charge in [-0.25, -0.2) is 9.37 Å². The van der Waals surface area contributed by atoms with Crippen LogP contribution in [0.3, 0.4) is 0 Å². The van der Waals surface area contributed by atoms with Crippen molar-refractivity contribution in [3.63, 3.8) is 0 Å². The first kappa shape index (κ1) is 17.0. The molecule has 1 aromatic carbocycles. The molecule has 1 atom stereocenters. The third kappa shape index (κ3) is 2.96. The monoisotopic (exact) mass is 372 g/mol. The van der Waals surface area contributed by atoms with Crippen LogP contribution < -0.4 is 9.64 Å². The van der Waals surface area contributed by atoms with Crippen molar-refractivity contribution >= 4 is 29.1 Å². The molecule has 1 aliphatic heterocycles. The molecule has 1 aliphatic carbocycles. The summed E-state index contributed by atoms with van der Waals surface area (Å²) in [5.41, 5.74) is 1.27. The predicted molar refractivity (Wildman–Crippen MR) is 96.5 cm³/mol. The fraction of sp³-hybridized carbons (Fsp3) is 0.316. The van der Waals surface area contributed by atoms with Crippen LogP contribution in [0.4, 0.5) is 10.1 Å². The van der Waals surface area contributed by atoms with Gasteiger partial charge in [0.1, 0.15) is 11.6 Å². The quantitative estimate of drug-likeness (QED) is 0.771. The Hall–Kier alpha value is -2.41. The van der Waals surface area contributed by atoms with Gasteiger partial charge < -0.3 is 9.64 Å². The summed E-state index contributed by atoms with van der Waals surface area (Å²) in [4.78, 5) is 30.3. The molecule has 0 spiro atoms. The van der Waals surface area contributed by atoms with Gasteiger partial charge in [-0.15, -0.1) is 11.8 Å². The van der Waals surface area contributed by atoms with E-state index in [1.807, 2.05) is 12.3 Å². The number of thioether (sulfide) groups is 1. The molecule has 1 saturated heterocycles. The van der Waals surface area contributed by atoms with Crippen LogP contribution in [0, 0.1) is 5.82 Å². The number of halogens is 1. The third-order valence-electron chi connectivity index (χ3n) is 4.75. The lowest BCUT2D eigenvalue weighted by Crippen LogP contribution is -2.32. The van der Waals surface area contributed by atoms with Crippen molar-refractivity contribution in [3.8, 4) is 5.75 Å². The van der Waals surface area contributed by atoms with Crippen molar-refractivity contribution in [3.05, 3.63) is 47.4 Å². The van der Waals surface area contributed by atoms with Crippen molar-refractivity contribution in [2.24, 2.45) is 0 Å². The highest BCUT2D eigenvalue weighted by Gasteiger charge is 2.36. The number of ketones is 1. The number of hydrogen-bond donors (Lipinski definition) is 0. The number of carbonyl (C=O) groups is 2. The van der Waals surface area contributed by atoms with E-state index in [-0.39, 0.29) is 11.7 Å². The Bertz CT molecular complexity index is 885. The first-order valence-electron chi connectivity index (χ1n) is 8.40. The van der Waals surface area contributed by atoms with Gasteiger partial charge in [0.15, 0.2) is 11.9 Å². The molecule has 0 radical (unpaired) electrons. The third-order valence-corrected chi connectivity index (χ3v) is 5.41. The second-order valence-corrected chi connectivity index (χ2v) is 7.12. The highest BCUT2D eigenvalue weighted by molar-refractivity contribution is 7.98. The Balaban J connectivity index is 1.53. The Morgan fingerprint density at radius 2 is 2.12 bits per heavy atom. The molecule has 2 aromatic rings. The average Bonchev–Trinajstić information content (AvgIpc) is 3.20. The van der Waals surface area contributed by atoms with Crippen molar-refractivity contribution in [2.45, 2.75) is 30.4 Å². The molecule has 0 unspecified atom stereocenters. The van der Waals surface area contributed by atoms with Gasteiger partial charge in [-0.2, -0.15) is 0 Å². The van der Waals surface area contributed by atoms with Gasteiger partial charge in [0.05, 0.1) is 11.2 Å². The lowest BCUT2D eigenvalue weighted by molar-refractivity contribution is -0.122. The Labute approximate surface area is 154 Å². The summed E-state index contributed by atoms with van der Waals surface area (Å²) in [7, 11) is 0. The molecule has 0 saturated carbocycles. The number of nitrogens with zero attached hydrogens (tertiary/aromatic N) is 2. The number of ether oxygens (including phenoxy) is 1. The minimum atomic E-state index is -0.635. The number of amides is 1. The summed E-state index contributed by atoms with van der Waals surface area (Å²) in [6.07, 6.45) is 4.14. The van der Waals surface area contributed by atoms with E-state index in [2.05, 4.69) is 4.98 Å². The average molecular weight is 372 g/mol. The number of Topliss-reactive ketones (excluding diaryl/α,β-unsaturated/α-hetero) is 1. The molecular weight excluding hydrogens is 355 g/mol. The second kappa shape index (κ2) is 6.72. The largest absolute Gasteiger partial charge is 0.479 e. The number of rotatable bonds is 4. The normalized spacial score (nSPS) is 19.2. The van der Waals surface area contributed by atoms with Crippen LogP contribution in [-0.4, -0.2) is 35.6 Å². The summed E-state index contributed by atoms with van der Waals surface area (Å²) in [5, 5.41) is 0.870. The molecular formula is C19H17FN2O3S. The summed E-state index contributed by atoms with van der Waals surface area (Å²) >= 11 is 1.52. The van der Waals surface area contributed by atoms with Gasteiger partial charge in [0.2, 0.25) is 0 Å². The van der Waals surface area contributed by atoms with E-state index in [1.165, 1.54) is 22.7 Å². The van der Waals surface area contributed by atoms with Crippen LogP contribution in [0.1, 0.15) is 28.8 Å². The minimum Gasteiger partial charge on any atom is -0.479 e. The van der Waals surface area contributed by atoms with Gasteiger partial charge in [0.25, 0.3) is 5.91 Å². The zero-order valence-corrected chi connectivity index (χ0v) is 15.0. The van der Waals surface area contributed by atoms with Crippen LogP contribution in [0.2, 0.25) is 0 Å². The van der Waals surface area contributed by atoms with Crippen molar-refractivity contribution in [2.75, 3.05) is 17.7 Å². The van der Waals surface area contributed by atoms with Crippen LogP contribution in [0.15, 0.2) is 35.5 Å². The topological polar surface area (TPSA) is 59.5 Å². The maximum absolute atomic E-state index is 14.3. The number of benzene rings is 1. The van der Waals surface area contributed by atoms with Crippen molar-refractivity contribution in [1.82, 2.24) is 4.98 Å². The number of fused-ring (bicyclic) bond motifs is 1. The first-order chi connectivity index (χ1) is 12.6. The molecule has 5 nitrogen and oxygen atoms in total. The lowest BCUT2D eigenvalue weighted by Gasteiger charge is -2.18. The molecule has 7 heteroatoms. The Morgan fingerprint density at radius 3 is 2.85 bits per heavy atom. The van der Waals surface area contributed by atoms with E-state index in [4.69, 9.17) is 4.74 Å². The number of anilines is 1. The minimum absolute atomic E-state index is 0.0693. The summed E-state index contributed by atoms with van der Waals surface area (Å²) in [6.45, 7) is 0.423. The van der Waals surface area contributed by atoms with Gasteiger partial charge >= 0.3 is 0 Å². The van der Waals surface area contributed by atoms with E-state index in [1.54, 1.807) is 18.3 Å². The van der Waals surface area contributed by atoms with Gasteiger partial charge in [0, 0.05) is 30.6 Å². The number of carbonyl (C=O) groups excluding carboxylic acids is 2. The molecule has 1 fully saturated rings. The van der Waals surface area contributed by atoms with Gasteiger partial charge in [-0.1, -0.05) is 0 Å². The molecule has 4 rings (SSSR count). The fourth-order valence-electron chi connectivity index (χ4n) is 3.40. The van der Waals surface area contributed by atoms with Crippen LogP contribution in [-0.2, 0) is 11.2 Å². The zero-order valence-electron chi connectivity index (χ0n) is 14.2. The van der Waals surface area contributed by atoms with Crippen LogP contribution >= 0.6 is 11.8 Å². The predicted octanol–water partition coefficient (Wildman–Crippen LogP) is 3.26. The van der Waals surface area contributed by atoms with Gasteiger partial charge in [-0.3, -0.25) is 9.59 Å². The van der Waals surface area contributed by atoms with Gasteiger partial charge in [-0.05, 0) is 42.5 Å². The number of aromatic nitrogens is 1. The van der Waals surface area contributed by atoms with Crippen molar-refractivity contribution < 1.29 is 18.7 Å². The molecule has 2 aliphatic rings. The molecule has 0 N–H and O–H groups in total. The molecule has 26 heavy (non-hydrogen) atoms. The first-order valence-corrected chi connectivity index (χ1v) is 9.63. The SMILES string of the molecule is CSc1ccc(O[C@@H]2CCN(c3cc(F)c4c(c3)C(=O)CC4)C2=O)cn1. The van der Waals surface area contributed by atoms with E-state index < -0.39 is 11.9 Å². The Kier molecular flexibility index (Phi) is 4.40. The van der Waals surface area contributed by atoms with E-state index in [9.17, 15) is 14.0 Å². The molecule has 1 amide bonds. The zero-order chi connectivity index (χ0) is 18.3. The van der Waals surface area contributed by atoms with E-state index in [0.717, 1.165) is 5.03 Å². The Morgan fingerprint density at radius 1 is 1.27 bits per heavy atom. The molecule has 1 aromatic heterocycles. The summed E-state index contributed by atoms with van der Waals surface area (Å²) in [6, 6.07) is 6.58. The number of pyridine rings is 1. The summed E-state index contributed by atoms with van der Waals surface area (Å²) in [5.74, 6) is -0.195. The summed E-state index contributed by atoms with van der Waals surface area (Å²) < 4.78 is 20.0. The molecule has 0 bridgehead atoms.